The number of nitrogens with one attached hydrogen (secondary N) is 1. The van der Waals surface area contributed by atoms with Gasteiger partial charge in [0, 0.05) is 19.2 Å². The number of sulfonamides is 1. The maximum atomic E-state index is 13.3. The van der Waals surface area contributed by atoms with E-state index in [0.717, 1.165) is 10.6 Å². The zero-order valence-electron chi connectivity index (χ0n) is 18.6. The smallest absolute Gasteiger partial charge is 0.244 e. The molecule has 0 aromatic heterocycles. The normalized spacial score (nSPS) is 12.1. The monoisotopic (exact) mass is 513 g/mol. The Morgan fingerprint density at radius 2 is 1.73 bits per heavy atom. The first-order valence-corrected chi connectivity index (χ1v) is 12.5. The molecular weight excluding hydrogens is 489 g/mol. The Labute approximate surface area is 203 Å². The van der Waals surface area contributed by atoms with Gasteiger partial charge in [0.1, 0.15) is 12.6 Å². The van der Waals surface area contributed by atoms with Crippen LogP contribution in [0.1, 0.15) is 29.8 Å². The standard InChI is InChI=1S/C22H25Cl2N3O5S/c1-14(22(30)25-3)26(12-16-8-9-19(23)20(24)10-16)21(29)13-27(33(4,31)32)18-7-5-6-17(11-18)15(2)28/h5-11,14H,12-13H2,1-4H3,(H,25,30)/t14-/m1/s1. The summed E-state index contributed by atoms with van der Waals surface area (Å²) in [6.45, 7) is 2.33. The summed E-state index contributed by atoms with van der Waals surface area (Å²) < 4.78 is 26.0. The quantitative estimate of drug-likeness (QED) is 0.518. The van der Waals surface area contributed by atoms with Gasteiger partial charge in [-0.05, 0) is 43.7 Å². The number of carbonyl (C=O) groups is 3. The number of nitrogens with zero attached hydrogens (tertiary/aromatic N) is 2. The van der Waals surface area contributed by atoms with E-state index in [0.29, 0.717) is 16.1 Å². The van der Waals surface area contributed by atoms with Crippen LogP contribution in [0.2, 0.25) is 10.0 Å². The van der Waals surface area contributed by atoms with Gasteiger partial charge >= 0.3 is 0 Å². The number of halogens is 2. The lowest BCUT2D eigenvalue weighted by Crippen LogP contribution is -2.50. The van der Waals surface area contributed by atoms with E-state index in [1.165, 1.54) is 44.0 Å². The zero-order chi connectivity index (χ0) is 24.9. The maximum Gasteiger partial charge on any atom is 0.244 e. The summed E-state index contributed by atoms with van der Waals surface area (Å²) in [7, 11) is -2.45. The van der Waals surface area contributed by atoms with Crippen molar-refractivity contribution >= 4 is 56.5 Å². The molecule has 0 aliphatic heterocycles. The van der Waals surface area contributed by atoms with Crippen molar-refractivity contribution in [2.75, 3.05) is 24.2 Å². The summed E-state index contributed by atoms with van der Waals surface area (Å²) in [5.74, 6) is -1.28. The zero-order valence-corrected chi connectivity index (χ0v) is 21.0. The van der Waals surface area contributed by atoms with Crippen LogP contribution in [0.4, 0.5) is 5.69 Å². The first kappa shape index (κ1) is 26.6. The van der Waals surface area contributed by atoms with Gasteiger partial charge in [0.15, 0.2) is 5.78 Å². The summed E-state index contributed by atoms with van der Waals surface area (Å²) in [6.07, 6.45) is 0.964. The van der Waals surface area contributed by atoms with Crippen LogP contribution in [-0.4, -0.2) is 56.8 Å². The summed E-state index contributed by atoms with van der Waals surface area (Å²) in [5, 5.41) is 3.12. The van der Waals surface area contributed by atoms with E-state index in [1.807, 2.05) is 0 Å². The van der Waals surface area contributed by atoms with Crippen LogP contribution in [0, 0.1) is 0 Å². The fraction of sp³-hybridized carbons (Fsp3) is 0.318. The van der Waals surface area contributed by atoms with E-state index in [4.69, 9.17) is 23.2 Å². The van der Waals surface area contributed by atoms with Crippen LogP contribution in [-0.2, 0) is 26.2 Å². The number of likely N-dealkylation sites (N-methyl/N-ethyl adjacent to an activating group) is 1. The SMILES string of the molecule is CNC(=O)[C@@H](C)N(Cc1ccc(Cl)c(Cl)c1)C(=O)CN(c1cccc(C(C)=O)c1)S(C)(=O)=O. The van der Waals surface area contributed by atoms with Crippen molar-refractivity contribution in [3.8, 4) is 0 Å². The first-order chi connectivity index (χ1) is 15.3. The Balaban J connectivity index is 2.43. The van der Waals surface area contributed by atoms with Gasteiger partial charge in [0.2, 0.25) is 21.8 Å². The van der Waals surface area contributed by atoms with Gasteiger partial charge in [-0.25, -0.2) is 8.42 Å². The molecule has 1 atom stereocenters. The molecule has 0 fully saturated rings. The molecule has 0 spiro atoms. The molecule has 0 saturated heterocycles. The van der Waals surface area contributed by atoms with Crippen molar-refractivity contribution in [3.63, 3.8) is 0 Å². The van der Waals surface area contributed by atoms with Crippen LogP contribution in [0.25, 0.3) is 0 Å². The predicted molar refractivity (Wildman–Crippen MR) is 129 cm³/mol. The van der Waals surface area contributed by atoms with Crippen molar-refractivity contribution in [1.82, 2.24) is 10.2 Å². The van der Waals surface area contributed by atoms with Gasteiger partial charge in [-0.2, -0.15) is 0 Å². The molecule has 0 bridgehead atoms. The highest BCUT2D eigenvalue weighted by Crippen LogP contribution is 2.24. The molecule has 2 rings (SSSR count). The van der Waals surface area contributed by atoms with Crippen LogP contribution >= 0.6 is 23.2 Å². The number of hydrogen-bond donors (Lipinski definition) is 1. The highest BCUT2D eigenvalue weighted by molar-refractivity contribution is 7.92. The minimum atomic E-state index is -3.89. The number of Topliss-reactive ketones (excluding diaryl/α,β-unsaturated/α-hetero) is 1. The fourth-order valence-corrected chi connectivity index (χ4v) is 4.28. The van der Waals surface area contributed by atoms with Gasteiger partial charge in [0.25, 0.3) is 0 Å². The number of benzene rings is 2. The number of rotatable bonds is 9. The molecule has 0 radical (unpaired) electrons. The lowest BCUT2D eigenvalue weighted by molar-refractivity contribution is -0.139. The third-order valence-electron chi connectivity index (χ3n) is 4.97. The van der Waals surface area contributed by atoms with E-state index in [-0.39, 0.29) is 23.0 Å². The average Bonchev–Trinajstić information content (AvgIpc) is 2.76. The summed E-state index contributed by atoms with van der Waals surface area (Å²) >= 11 is 12.0. The second-order valence-electron chi connectivity index (χ2n) is 7.44. The molecule has 2 aromatic rings. The molecule has 8 nitrogen and oxygen atoms in total. The van der Waals surface area contributed by atoms with Crippen LogP contribution in [0.5, 0.6) is 0 Å². The van der Waals surface area contributed by atoms with E-state index in [9.17, 15) is 22.8 Å². The third kappa shape index (κ3) is 6.93. The number of carbonyl (C=O) groups excluding carboxylic acids is 3. The number of hydrogen-bond acceptors (Lipinski definition) is 5. The Kier molecular flexibility index (Phi) is 8.88. The molecule has 1 N–H and O–H groups in total. The molecule has 0 aliphatic rings. The first-order valence-electron chi connectivity index (χ1n) is 9.88. The topological polar surface area (TPSA) is 104 Å². The Morgan fingerprint density at radius 3 is 2.27 bits per heavy atom. The lowest BCUT2D eigenvalue weighted by atomic mass is 10.1. The molecule has 0 aliphatic carbocycles. The van der Waals surface area contributed by atoms with Crippen molar-refractivity contribution in [2.24, 2.45) is 0 Å². The fourth-order valence-electron chi connectivity index (χ4n) is 3.12. The van der Waals surface area contributed by atoms with E-state index in [2.05, 4.69) is 5.32 Å². The van der Waals surface area contributed by atoms with Crippen LogP contribution in [0.15, 0.2) is 42.5 Å². The molecule has 0 heterocycles. The van der Waals surface area contributed by atoms with Gasteiger partial charge < -0.3 is 10.2 Å². The minimum absolute atomic E-state index is 0.00457. The number of amides is 2. The summed E-state index contributed by atoms with van der Waals surface area (Å²) in [4.78, 5) is 38.6. The number of ketones is 1. The van der Waals surface area contributed by atoms with Gasteiger partial charge in [-0.3, -0.25) is 18.7 Å². The van der Waals surface area contributed by atoms with E-state index >= 15 is 0 Å². The minimum Gasteiger partial charge on any atom is -0.357 e. The molecule has 0 unspecified atom stereocenters. The van der Waals surface area contributed by atoms with Crippen molar-refractivity contribution in [1.29, 1.82) is 0 Å². The van der Waals surface area contributed by atoms with E-state index in [1.54, 1.807) is 24.3 Å². The van der Waals surface area contributed by atoms with Gasteiger partial charge in [0.05, 0.1) is 22.0 Å². The highest BCUT2D eigenvalue weighted by atomic mass is 35.5. The summed E-state index contributed by atoms with van der Waals surface area (Å²) in [6, 6.07) is 9.90. The largest absolute Gasteiger partial charge is 0.357 e. The summed E-state index contributed by atoms with van der Waals surface area (Å²) in [5.41, 5.74) is 1.08. The molecule has 2 amide bonds. The molecule has 33 heavy (non-hydrogen) atoms. The van der Waals surface area contributed by atoms with Crippen molar-refractivity contribution in [3.05, 3.63) is 63.6 Å². The van der Waals surface area contributed by atoms with Crippen molar-refractivity contribution < 1.29 is 22.8 Å². The third-order valence-corrected chi connectivity index (χ3v) is 6.85. The molecular formula is C22H25Cl2N3O5S. The van der Waals surface area contributed by atoms with Crippen LogP contribution < -0.4 is 9.62 Å². The Morgan fingerprint density at radius 1 is 1.06 bits per heavy atom. The molecule has 2 aromatic carbocycles. The Hall–Kier alpha value is -2.62. The van der Waals surface area contributed by atoms with E-state index < -0.39 is 34.4 Å². The van der Waals surface area contributed by atoms with Gasteiger partial charge in [-0.1, -0.05) is 41.4 Å². The maximum absolute atomic E-state index is 13.3. The number of anilines is 1. The highest BCUT2D eigenvalue weighted by Gasteiger charge is 2.30. The second-order valence-corrected chi connectivity index (χ2v) is 10.2. The molecule has 178 valence electrons. The second kappa shape index (κ2) is 11.0. The molecule has 11 heteroatoms. The Bertz CT molecular complexity index is 1170. The van der Waals surface area contributed by atoms with Gasteiger partial charge in [-0.15, -0.1) is 0 Å². The van der Waals surface area contributed by atoms with Crippen LogP contribution in [0.3, 0.4) is 0 Å². The van der Waals surface area contributed by atoms with Crippen molar-refractivity contribution in [2.45, 2.75) is 26.4 Å². The predicted octanol–water partition coefficient (Wildman–Crippen LogP) is 3.13. The lowest BCUT2D eigenvalue weighted by Gasteiger charge is -2.31. The molecule has 0 saturated carbocycles. The average molecular weight is 514 g/mol.